The van der Waals surface area contributed by atoms with Gasteiger partial charge >= 0.3 is 0 Å². The Balaban J connectivity index is 2.18. The number of benzene rings is 2. The van der Waals surface area contributed by atoms with E-state index >= 15 is 0 Å². The SMILES string of the molecule is CSc1ccc(C(=O)Cc2cccc(Cl)c2)cc1F. The predicted octanol–water partition coefficient (Wildman–Crippen LogP) is 4.63. The van der Waals surface area contributed by atoms with Crippen LogP contribution in [0.2, 0.25) is 5.02 Å². The molecule has 0 aliphatic carbocycles. The number of hydrogen-bond acceptors (Lipinski definition) is 2. The molecule has 2 aromatic rings. The predicted molar refractivity (Wildman–Crippen MR) is 77.7 cm³/mol. The highest BCUT2D eigenvalue weighted by atomic mass is 35.5. The third-order valence-electron chi connectivity index (χ3n) is 2.73. The Morgan fingerprint density at radius 3 is 2.68 bits per heavy atom. The molecular formula is C15H12ClFOS. The third-order valence-corrected chi connectivity index (χ3v) is 3.73. The molecule has 0 unspecified atom stereocenters. The first-order valence-electron chi connectivity index (χ1n) is 5.71. The molecule has 0 amide bonds. The monoisotopic (exact) mass is 294 g/mol. The number of carbonyl (C=O) groups is 1. The number of ketones is 1. The Hall–Kier alpha value is -1.32. The number of Topliss-reactive ketones (excluding diaryl/α,β-unsaturated/α-hetero) is 1. The van der Waals surface area contributed by atoms with Gasteiger partial charge in [0, 0.05) is 21.9 Å². The standard InChI is InChI=1S/C15H12ClFOS/c1-19-15-6-5-11(9-13(15)17)14(18)8-10-3-2-4-12(16)7-10/h2-7,9H,8H2,1H3. The topological polar surface area (TPSA) is 17.1 Å². The second kappa shape index (κ2) is 6.22. The van der Waals surface area contributed by atoms with Gasteiger partial charge in [0.05, 0.1) is 0 Å². The van der Waals surface area contributed by atoms with Crippen LogP contribution in [0, 0.1) is 5.82 Å². The van der Waals surface area contributed by atoms with E-state index in [1.165, 1.54) is 17.8 Å². The Bertz CT molecular complexity index is 613. The number of rotatable bonds is 4. The zero-order chi connectivity index (χ0) is 13.8. The highest BCUT2D eigenvalue weighted by Gasteiger charge is 2.10. The fourth-order valence-electron chi connectivity index (χ4n) is 1.77. The van der Waals surface area contributed by atoms with Crippen LogP contribution in [0.25, 0.3) is 0 Å². The molecular weight excluding hydrogens is 283 g/mol. The average Bonchev–Trinajstić information content (AvgIpc) is 2.38. The summed E-state index contributed by atoms with van der Waals surface area (Å²) in [6.45, 7) is 0. The van der Waals surface area contributed by atoms with E-state index in [2.05, 4.69) is 0 Å². The molecule has 19 heavy (non-hydrogen) atoms. The highest BCUT2D eigenvalue weighted by molar-refractivity contribution is 7.98. The van der Waals surface area contributed by atoms with Crippen molar-refractivity contribution in [3.8, 4) is 0 Å². The van der Waals surface area contributed by atoms with Crippen LogP contribution in [0.1, 0.15) is 15.9 Å². The molecule has 0 bridgehead atoms. The summed E-state index contributed by atoms with van der Waals surface area (Å²) in [5, 5.41) is 0.592. The van der Waals surface area contributed by atoms with Crippen LogP contribution in [0.3, 0.4) is 0 Å². The molecule has 0 saturated carbocycles. The van der Waals surface area contributed by atoms with Crippen molar-refractivity contribution in [3.63, 3.8) is 0 Å². The maximum atomic E-state index is 13.6. The molecule has 0 radical (unpaired) electrons. The van der Waals surface area contributed by atoms with E-state index in [1.54, 1.807) is 36.6 Å². The van der Waals surface area contributed by atoms with Crippen LogP contribution >= 0.6 is 23.4 Å². The number of thioether (sulfide) groups is 1. The van der Waals surface area contributed by atoms with Gasteiger partial charge in [0.25, 0.3) is 0 Å². The largest absolute Gasteiger partial charge is 0.294 e. The van der Waals surface area contributed by atoms with Crippen molar-refractivity contribution in [2.75, 3.05) is 6.26 Å². The maximum absolute atomic E-state index is 13.6. The van der Waals surface area contributed by atoms with Gasteiger partial charge in [0.2, 0.25) is 0 Å². The minimum Gasteiger partial charge on any atom is -0.294 e. The first kappa shape index (κ1) is 14.1. The Morgan fingerprint density at radius 2 is 2.05 bits per heavy atom. The Morgan fingerprint density at radius 1 is 1.26 bits per heavy atom. The van der Waals surface area contributed by atoms with E-state index in [-0.39, 0.29) is 18.0 Å². The third kappa shape index (κ3) is 3.58. The van der Waals surface area contributed by atoms with E-state index in [0.717, 1.165) is 5.56 Å². The summed E-state index contributed by atoms with van der Waals surface area (Å²) < 4.78 is 13.6. The lowest BCUT2D eigenvalue weighted by molar-refractivity contribution is 0.0992. The summed E-state index contributed by atoms with van der Waals surface area (Å²) >= 11 is 7.18. The number of hydrogen-bond donors (Lipinski definition) is 0. The molecule has 0 spiro atoms. The summed E-state index contributed by atoms with van der Waals surface area (Å²) in [7, 11) is 0. The molecule has 0 fully saturated rings. The van der Waals surface area contributed by atoms with E-state index in [0.29, 0.717) is 15.5 Å². The van der Waals surface area contributed by atoms with Crippen molar-refractivity contribution >= 4 is 29.1 Å². The van der Waals surface area contributed by atoms with Crippen molar-refractivity contribution < 1.29 is 9.18 Å². The lowest BCUT2D eigenvalue weighted by Gasteiger charge is -2.04. The molecule has 98 valence electrons. The van der Waals surface area contributed by atoms with Crippen molar-refractivity contribution in [1.29, 1.82) is 0 Å². The Labute approximate surface area is 120 Å². The van der Waals surface area contributed by atoms with Gasteiger partial charge in [-0.15, -0.1) is 11.8 Å². The second-order valence-corrected chi connectivity index (χ2v) is 5.36. The molecule has 0 N–H and O–H groups in total. The highest BCUT2D eigenvalue weighted by Crippen LogP contribution is 2.21. The lowest BCUT2D eigenvalue weighted by atomic mass is 10.0. The number of carbonyl (C=O) groups excluding carboxylic acids is 1. The lowest BCUT2D eigenvalue weighted by Crippen LogP contribution is -2.04. The van der Waals surface area contributed by atoms with Gasteiger partial charge in [-0.2, -0.15) is 0 Å². The van der Waals surface area contributed by atoms with E-state index in [9.17, 15) is 9.18 Å². The molecule has 2 aromatic carbocycles. The van der Waals surface area contributed by atoms with Gasteiger partial charge in [0.1, 0.15) is 5.82 Å². The first-order chi connectivity index (χ1) is 9.10. The zero-order valence-corrected chi connectivity index (χ0v) is 11.9. The summed E-state index contributed by atoms with van der Waals surface area (Å²) in [6.07, 6.45) is 2.02. The molecule has 0 aliphatic rings. The second-order valence-electron chi connectivity index (χ2n) is 4.08. The van der Waals surface area contributed by atoms with Crippen molar-refractivity contribution in [2.45, 2.75) is 11.3 Å². The van der Waals surface area contributed by atoms with Crippen LogP contribution in [0.4, 0.5) is 4.39 Å². The van der Waals surface area contributed by atoms with Gasteiger partial charge < -0.3 is 0 Å². The molecule has 0 heterocycles. The molecule has 0 aliphatic heterocycles. The van der Waals surface area contributed by atoms with E-state index in [1.807, 2.05) is 6.07 Å². The van der Waals surface area contributed by atoms with Crippen LogP contribution in [-0.2, 0) is 6.42 Å². The van der Waals surface area contributed by atoms with Gasteiger partial charge in [0.15, 0.2) is 5.78 Å². The van der Waals surface area contributed by atoms with Gasteiger partial charge in [-0.25, -0.2) is 4.39 Å². The minimum absolute atomic E-state index is 0.117. The molecule has 0 aromatic heterocycles. The quantitative estimate of drug-likeness (QED) is 0.604. The summed E-state index contributed by atoms with van der Waals surface area (Å²) in [5.74, 6) is -0.474. The van der Waals surface area contributed by atoms with Crippen LogP contribution in [0.5, 0.6) is 0 Å². The molecule has 1 nitrogen and oxygen atoms in total. The zero-order valence-electron chi connectivity index (χ0n) is 10.3. The molecule has 0 saturated heterocycles. The van der Waals surface area contributed by atoms with Crippen molar-refractivity contribution in [3.05, 3.63) is 64.4 Å². The van der Waals surface area contributed by atoms with Crippen molar-refractivity contribution in [1.82, 2.24) is 0 Å². The fraction of sp³-hybridized carbons (Fsp3) is 0.133. The normalized spacial score (nSPS) is 10.5. The first-order valence-corrected chi connectivity index (χ1v) is 7.31. The van der Waals surface area contributed by atoms with Crippen molar-refractivity contribution in [2.24, 2.45) is 0 Å². The van der Waals surface area contributed by atoms with Crippen LogP contribution in [0.15, 0.2) is 47.4 Å². The van der Waals surface area contributed by atoms with Crippen LogP contribution < -0.4 is 0 Å². The maximum Gasteiger partial charge on any atom is 0.167 e. The fourth-order valence-corrected chi connectivity index (χ4v) is 2.45. The Kier molecular flexibility index (Phi) is 4.61. The average molecular weight is 295 g/mol. The van der Waals surface area contributed by atoms with E-state index in [4.69, 9.17) is 11.6 Å². The van der Waals surface area contributed by atoms with Gasteiger partial charge in [-0.3, -0.25) is 4.79 Å². The number of halogens is 2. The van der Waals surface area contributed by atoms with Crippen LogP contribution in [-0.4, -0.2) is 12.0 Å². The summed E-state index contributed by atoms with van der Waals surface area (Å²) in [4.78, 5) is 12.6. The molecule has 2 rings (SSSR count). The summed E-state index contributed by atoms with van der Waals surface area (Å²) in [6, 6.07) is 11.7. The van der Waals surface area contributed by atoms with Gasteiger partial charge in [-0.05, 0) is 36.1 Å². The smallest absolute Gasteiger partial charge is 0.167 e. The van der Waals surface area contributed by atoms with E-state index < -0.39 is 0 Å². The molecule has 0 atom stereocenters. The summed E-state index contributed by atoms with van der Waals surface area (Å²) in [5.41, 5.74) is 1.21. The van der Waals surface area contributed by atoms with Gasteiger partial charge in [-0.1, -0.05) is 29.8 Å². The molecule has 4 heteroatoms. The minimum atomic E-state index is -0.357.